The van der Waals surface area contributed by atoms with E-state index in [4.69, 9.17) is 10.2 Å². The molecule has 0 aliphatic heterocycles. The molecular formula is C10H13FO2. The lowest BCUT2D eigenvalue weighted by Gasteiger charge is -2.06. The van der Waals surface area contributed by atoms with Gasteiger partial charge in [0.1, 0.15) is 5.82 Å². The normalized spacial score (nSPS) is 12.8. The van der Waals surface area contributed by atoms with Crippen LogP contribution in [-0.2, 0) is 6.42 Å². The van der Waals surface area contributed by atoms with Gasteiger partial charge in [0.15, 0.2) is 0 Å². The molecule has 2 N–H and O–H groups in total. The monoisotopic (exact) mass is 184 g/mol. The van der Waals surface area contributed by atoms with E-state index < -0.39 is 6.10 Å². The molecule has 0 aliphatic rings. The molecule has 0 aromatic heterocycles. The Hall–Kier alpha value is -0.930. The van der Waals surface area contributed by atoms with Crippen molar-refractivity contribution in [3.05, 3.63) is 35.6 Å². The summed E-state index contributed by atoms with van der Waals surface area (Å²) < 4.78 is 12.7. The predicted molar refractivity (Wildman–Crippen MR) is 47.8 cm³/mol. The van der Waals surface area contributed by atoms with Crippen molar-refractivity contribution in [2.75, 3.05) is 6.61 Å². The van der Waals surface area contributed by atoms with Crippen LogP contribution < -0.4 is 0 Å². The summed E-state index contributed by atoms with van der Waals surface area (Å²) in [6.45, 7) is -0.241. The largest absolute Gasteiger partial charge is 0.394 e. The third-order valence-corrected chi connectivity index (χ3v) is 1.87. The number of aliphatic hydroxyl groups is 2. The summed E-state index contributed by atoms with van der Waals surface area (Å²) in [6.07, 6.45) is 0.336. The number of hydrogen-bond acceptors (Lipinski definition) is 2. The van der Waals surface area contributed by atoms with Crippen LogP contribution in [0.5, 0.6) is 0 Å². The molecule has 2 nitrogen and oxygen atoms in total. The Morgan fingerprint density at radius 1 is 1.38 bits per heavy atom. The van der Waals surface area contributed by atoms with Crippen LogP contribution in [0.25, 0.3) is 0 Å². The minimum absolute atomic E-state index is 0.241. The number of aliphatic hydroxyl groups excluding tert-OH is 2. The zero-order valence-electron chi connectivity index (χ0n) is 7.28. The first kappa shape index (κ1) is 10.2. The van der Waals surface area contributed by atoms with E-state index in [0.717, 1.165) is 5.56 Å². The Morgan fingerprint density at radius 3 is 2.77 bits per heavy atom. The van der Waals surface area contributed by atoms with E-state index in [2.05, 4.69) is 0 Å². The van der Waals surface area contributed by atoms with Crippen molar-refractivity contribution in [2.24, 2.45) is 0 Å². The molecule has 1 unspecified atom stereocenters. The average Bonchev–Trinajstić information content (AvgIpc) is 2.14. The van der Waals surface area contributed by atoms with E-state index in [1.165, 1.54) is 12.1 Å². The maximum Gasteiger partial charge on any atom is 0.123 e. The van der Waals surface area contributed by atoms with Gasteiger partial charge in [-0.1, -0.05) is 12.1 Å². The molecule has 0 radical (unpaired) electrons. The molecule has 1 rings (SSSR count). The van der Waals surface area contributed by atoms with E-state index in [0.29, 0.717) is 12.8 Å². The number of aryl methyl sites for hydroxylation is 1. The van der Waals surface area contributed by atoms with Crippen molar-refractivity contribution >= 4 is 0 Å². The lowest BCUT2D eigenvalue weighted by atomic mass is 10.1. The lowest BCUT2D eigenvalue weighted by molar-refractivity contribution is 0.0885. The molecule has 1 aromatic carbocycles. The van der Waals surface area contributed by atoms with Gasteiger partial charge < -0.3 is 10.2 Å². The van der Waals surface area contributed by atoms with Crippen LogP contribution in [-0.4, -0.2) is 22.9 Å². The first-order chi connectivity index (χ1) is 6.22. The second-order valence-corrected chi connectivity index (χ2v) is 3.00. The molecule has 0 bridgehead atoms. The molecule has 0 spiro atoms. The van der Waals surface area contributed by atoms with E-state index in [9.17, 15) is 4.39 Å². The molecule has 0 heterocycles. The second-order valence-electron chi connectivity index (χ2n) is 3.00. The summed E-state index contributed by atoms with van der Waals surface area (Å²) in [5.74, 6) is -0.268. The maximum absolute atomic E-state index is 12.7. The second kappa shape index (κ2) is 4.94. The standard InChI is InChI=1S/C10H13FO2/c11-9-3-1-2-8(6-9)4-5-10(13)7-12/h1-3,6,10,12-13H,4-5,7H2. The summed E-state index contributed by atoms with van der Waals surface area (Å²) in [6, 6.07) is 6.25. The first-order valence-electron chi connectivity index (χ1n) is 4.25. The van der Waals surface area contributed by atoms with Crippen LogP contribution in [0.1, 0.15) is 12.0 Å². The fraction of sp³-hybridized carbons (Fsp3) is 0.400. The highest BCUT2D eigenvalue weighted by atomic mass is 19.1. The Kier molecular flexibility index (Phi) is 3.86. The molecule has 0 saturated carbocycles. The van der Waals surface area contributed by atoms with Crippen LogP contribution in [0.2, 0.25) is 0 Å². The molecule has 3 heteroatoms. The SMILES string of the molecule is OCC(O)CCc1cccc(F)c1. The zero-order chi connectivity index (χ0) is 9.68. The highest BCUT2D eigenvalue weighted by Gasteiger charge is 2.02. The van der Waals surface area contributed by atoms with Crippen molar-refractivity contribution in [1.82, 2.24) is 0 Å². The van der Waals surface area contributed by atoms with Crippen LogP contribution in [0, 0.1) is 5.82 Å². The van der Waals surface area contributed by atoms with Gasteiger partial charge in [-0.05, 0) is 30.5 Å². The number of hydrogen-bond donors (Lipinski definition) is 2. The maximum atomic E-state index is 12.7. The van der Waals surface area contributed by atoms with Crippen LogP contribution >= 0.6 is 0 Å². The number of halogens is 1. The number of benzene rings is 1. The van der Waals surface area contributed by atoms with Crippen molar-refractivity contribution < 1.29 is 14.6 Å². The highest BCUT2D eigenvalue weighted by molar-refractivity contribution is 5.16. The Bertz CT molecular complexity index is 263. The van der Waals surface area contributed by atoms with Crippen molar-refractivity contribution in [3.63, 3.8) is 0 Å². The van der Waals surface area contributed by atoms with Gasteiger partial charge in [-0.15, -0.1) is 0 Å². The van der Waals surface area contributed by atoms with Gasteiger partial charge in [-0.3, -0.25) is 0 Å². The Balaban J connectivity index is 2.45. The van der Waals surface area contributed by atoms with Crippen molar-refractivity contribution in [2.45, 2.75) is 18.9 Å². The summed E-state index contributed by atoms with van der Waals surface area (Å²) in [5, 5.41) is 17.6. The third-order valence-electron chi connectivity index (χ3n) is 1.87. The van der Waals surface area contributed by atoms with E-state index in [1.807, 2.05) is 0 Å². The lowest BCUT2D eigenvalue weighted by Crippen LogP contribution is -2.12. The van der Waals surface area contributed by atoms with Crippen LogP contribution in [0.15, 0.2) is 24.3 Å². The number of rotatable bonds is 4. The Labute approximate surface area is 76.6 Å². The summed E-state index contributed by atoms with van der Waals surface area (Å²) >= 11 is 0. The van der Waals surface area contributed by atoms with Gasteiger partial charge >= 0.3 is 0 Å². The first-order valence-corrected chi connectivity index (χ1v) is 4.25. The minimum atomic E-state index is -0.705. The Morgan fingerprint density at radius 2 is 2.15 bits per heavy atom. The summed E-state index contributed by atoms with van der Waals surface area (Å²) in [5.41, 5.74) is 0.840. The van der Waals surface area contributed by atoms with Gasteiger partial charge in [0.2, 0.25) is 0 Å². The van der Waals surface area contributed by atoms with Crippen LogP contribution in [0.3, 0.4) is 0 Å². The van der Waals surface area contributed by atoms with Gasteiger partial charge in [0.25, 0.3) is 0 Å². The molecule has 0 aliphatic carbocycles. The quantitative estimate of drug-likeness (QED) is 0.736. The van der Waals surface area contributed by atoms with Crippen LogP contribution in [0.4, 0.5) is 4.39 Å². The zero-order valence-corrected chi connectivity index (χ0v) is 7.28. The topological polar surface area (TPSA) is 40.5 Å². The van der Waals surface area contributed by atoms with Gasteiger partial charge in [-0.2, -0.15) is 0 Å². The predicted octanol–water partition coefficient (Wildman–Crippen LogP) is 1.11. The van der Waals surface area contributed by atoms with Gasteiger partial charge in [-0.25, -0.2) is 4.39 Å². The van der Waals surface area contributed by atoms with Gasteiger partial charge in [0, 0.05) is 0 Å². The molecular weight excluding hydrogens is 171 g/mol. The molecule has 0 fully saturated rings. The molecule has 72 valence electrons. The molecule has 1 atom stereocenters. The van der Waals surface area contributed by atoms with Gasteiger partial charge in [0.05, 0.1) is 12.7 Å². The third kappa shape index (κ3) is 3.53. The average molecular weight is 184 g/mol. The summed E-state index contributed by atoms with van der Waals surface area (Å²) in [4.78, 5) is 0. The fourth-order valence-electron chi connectivity index (χ4n) is 1.12. The van der Waals surface area contributed by atoms with E-state index in [-0.39, 0.29) is 12.4 Å². The summed E-state index contributed by atoms with van der Waals surface area (Å²) in [7, 11) is 0. The molecule has 0 saturated heterocycles. The smallest absolute Gasteiger partial charge is 0.123 e. The van der Waals surface area contributed by atoms with E-state index in [1.54, 1.807) is 12.1 Å². The van der Waals surface area contributed by atoms with Crippen molar-refractivity contribution in [3.8, 4) is 0 Å². The minimum Gasteiger partial charge on any atom is -0.394 e. The van der Waals surface area contributed by atoms with E-state index >= 15 is 0 Å². The fourth-order valence-corrected chi connectivity index (χ4v) is 1.12. The van der Waals surface area contributed by atoms with Crippen molar-refractivity contribution in [1.29, 1.82) is 0 Å². The molecule has 13 heavy (non-hydrogen) atoms. The molecule has 0 amide bonds. The molecule has 1 aromatic rings. The highest BCUT2D eigenvalue weighted by Crippen LogP contribution is 2.07.